The highest BCUT2D eigenvalue weighted by Crippen LogP contribution is 2.25. The van der Waals surface area contributed by atoms with E-state index >= 15 is 0 Å². The number of anilines is 1. The predicted octanol–water partition coefficient (Wildman–Crippen LogP) is 5.11. The van der Waals surface area contributed by atoms with E-state index in [2.05, 4.69) is 5.32 Å². The number of hydrogen-bond acceptors (Lipinski definition) is 4. The van der Waals surface area contributed by atoms with Gasteiger partial charge in [-0.2, -0.15) is 0 Å². The molecular formula is C30H35ClFN3O4S. The molecule has 0 saturated heterocycles. The molecule has 0 radical (unpaired) electrons. The summed E-state index contributed by atoms with van der Waals surface area (Å²) < 4.78 is 40.3. The number of amides is 2. The van der Waals surface area contributed by atoms with Gasteiger partial charge in [0, 0.05) is 19.5 Å². The van der Waals surface area contributed by atoms with E-state index in [9.17, 15) is 22.4 Å². The molecule has 0 spiro atoms. The summed E-state index contributed by atoms with van der Waals surface area (Å²) in [6.07, 6.45) is 2.86. The normalized spacial score (nSPS) is 12.0. The van der Waals surface area contributed by atoms with Crippen molar-refractivity contribution in [2.75, 3.05) is 23.7 Å². The first kappa shape index (κ1) is 31.1. The van der Waals surface area contributed by atoms with Gasteiger partial charge in [0.2, 0.25) is 21.8 Å². The van der Waals surface area contributed by atoms with Crippen molar-refractivity contribution in [2.24, 2.45) is 0 Å². The molecule has 2 amide bonds. The number of aryl methyl sites for hydroxylation is 1. The highest BCUT2D eigenvalue weighted by atomic mass is 35.5. The monoisotopic (exact) mass is 587 g/mol. The molecule has 0 bridgehead atoms. The van der Waals surface area contributed by atoms with Gasteiger partial charge in [-0.05, 0) is 42.7 Å². The summed E-state index contributed by atoms with van der Waals surface area (Å²) in [6, 6.07) is 19.5. The van der Waals surface area contributed by atoms with Crippen LogP contribution in [-0.4, -0.2) is 50.5 Å². The SMILES string of the molecule is CCCCNC(=O)[C@@H](Cc1ccccc1)N(Cc1cccc(C)c1)C(=O)CN(c1ccc(F)c(Cl)c1)S(C)(=O)=O. The quantitative estimate of drug-likeness (QED) is 0.282. The van der Waals surface area contributed by atoms with Gasteiger partial charge in [0.25, 0.3) is 0 Å². The number of sulfonamides is 1. The third kappa shape index (κ3) is 8.79. The lowest BCUT2D eigenvalue weighted by molar-refractivity contribution is -0.140. The topological polar surface area (TPSA) is 86.8 Å². The van der Waals surface area contributed by atoms with Crippen LogP contribution < -0.4 is 9.62 Å². The Morgan fingerprint density at radius 2 is 1.70 bits per heavy atom. The Hall–Kier alpha value is -3.43. The average molecular weight is 588 g/mol. The molecule has 0 aliphatic rings. The van der Waals surface area contributed by atoms with Gasteiger partial charge in [0.05, 0.1) is 17.0 Å². The minimum Gasteiger partial charge on any atom is -0.354 e. The van der Waals surface area contributed by atoms with Crippen molar-refractivity contribution in [1.82, 2.24) is 10.2 Å². The molecule has 40 heavy (non-hydrogen) atoms. The van der Waals surface area contributed by atoms with Crippen LogP contribution in [0.3, 0.4) is 0 Å². The zero-order valence-electron chi connectivity index (χ0n) is 22.9. The number of carbonyl (C=O) groups is 2. The molecule has 3 rings (SSSR count). The minimum atomic E-state index is -3.97. The molecule has 7 nitrogen and oxygen atoms in total. The first-order valence-corrected chi connectivity index (χ1v) is 15.3. The van der Waals surface area contributed by atoms with Gasteiger partial charge < -0.3 is 10.2 Å². The highest BCUT2D eigenvalue weighted by molar-refractivity contribution is 7.92. The van der Waals surface area contributed by atoms with E-state index in [1.807, 2.05) is 68.4 Å². The van der Waals surface area contributed by atoms with E-state index in [1.54, 1.807) is 0 Å². The van der Waals surface area contributed by atoms with Gasteiger partial charge in [-0.1, -0.05) is 85.1 Å². The second-order valence-corrected chi connectivity index (χ2v) is 12.0. The van der Waals surface area contributed by atoms with Gasteiger partial charge in [-0.25, -0.2) is 12.8 Å². The number of carbonyl (C=O) groups excluding carboxylic acids is 2. The number of nitrogens with zero attached hydrogens (tertiary/aromatic N) is 2. The summed E-state index contributed by atoms with van der Waals surface area (Å²) in [6.45, 7) is 3.89. The van der Waals surface area contributed by atoms with Crippen molar-refractivity contribution in [3.63, 3.8) is 0 Å². The molecule has 214 valence electrons. The summed E-state index contributed by atoms with van der Waals surface area (Å²) in [4.78, 5) is 29.0. The minimum absolute atomic E-state index is 0.0461. The Morgan fingerprint density at radius 1 is 1.00 bits per heavy atom. The lowest BCUT2D eigenvalue weighted by atomic mass is 10.0. The Labute approximate surface area is 241 Å². The van der Waals surface area contributed by atoms with Gasteiger partial charge in [-0.3, -0.25) is 13.9 Å². The van der Waals surface area contributed by atoms with E-state index in [4.69, 9.17) is 11.6 Å². The van der Waals surface area contributed by atoms with Crippen molar-refractivity contribution in [1.29, 1.82) is 0 Å². The number of halogens is 2. The molecule has 1 N–H and O–H groups in total. The number of rotatable bonds is 13. The Morgan fingerprint density at radius 3 is 2.33 bits per heavy atom. The maximum absolute atomic E-state index is 14.0. The van der Waals surface area contributed by atoms with Gasteiger partial charge in [0.1, 0.15) is 18.4 Å². The molecule has 0 saturated carbocycles. The van der Waals surface area contributed by atoms with Crippen molar-refractivity contribution in [3.05, 3.63) is 100 Å². The fourth-order valence-electron chi connectivity index (χ4n) is 4.32. The van der Waals surface area contributed by atoms with Crippen LogP contribution in [0.15, 0.2) is 72.8 Å². The van der Waals surface area contributed by atoms with Crippen molar-refractivity contribution in [3.8, 4) is 0 Å². The van der Waals surface area contributed by atoms with Crippen LogP contribution in [0, 0.1) is 12.7 Å². The van der Waals surface area contributed by atoms with Crippen LogP contribution in [0.5, 0.6) is 0 Å². The van der Waals surface area contributed by atoms with Crippen LogP contribution in [0.1, 0.15) is 36.5 Å². The fraction of sp³-hybridized carbons (Fsp3) is 0.333. The van der Waals surface area contributed by atoms with E-state index in [1.165, 1.54) is 11.0 Å². The molecule has 1 atom stereocenters. The summed E-state index contributed by atoms with van der Waals surface area (Å²) in [5, 5.41) is 2.67. The second kappa shape index (κ2) is 14.3. The summed E-state index contributed by atoms with van der Waals surface area (Å²) in [5.74, 6) is -1.62. The van der Waals surface area contributed by atoms with Crippen LogP contribution in [0.4, 0.5) is 10.1 Å². The van der Waals surface area contributed by atoms with Gasteiger partial charge in [-0.15, -0.1) is 0 Å². The lowest BCUT2D eigenvalue weighted by Crippen LogP contribution is -2.53. The molecule has 0 aliphatic heterocycles. The average Bonchev–Trinajstić information content (AvgIpc) is 2.91. The van der Waals surface area contributed by atoms with Crippen molar-refractivity contribution in [2.45, 2.75) is 45.7 Å². The van der Waals surface area contributed by atoms with Crippen molar-refractivity contribution >= 4 is 39.1 Å². The van der Waals surface area contributed by atoms with Crippen LogP contribution in [0.25, 0.3) is 0 Å². The summed E-state index contributed by atoms with van der Waals surface area (Å²) >= 11 is 5.93. The predicted molar refractivity (Wildman–Crippen MR) is 157 cm³/mol. The molecule has 0 fully saturated rings. The summed E-state index contributed by atoms with van der Waals surface area (Å²) in [5.41, 5.74) is 2.68. The van der Waals surface area contributed by atoms with E-state index in [-0.39, 0.29) is 29.6 Å². The third-order valence-corrected chi connectivity index (χ3v) is 7.84. The molecule has 3 aromatic carbocycles. The second-order valence-electron chi connectivity index (χ2n) is 9.73. The largest absolute Gasteiger partial charge is 0.354 e. The van der Waals surface area contributed by atoms with Crippen LogP contribution in [0.2, 0.25) is 5.02 Å². The number of hydrogen-bond donors (Lipinski definition) is 1. The maximum atomic E-state index is 14.0. The Bertz CT molecular complexity index is 1420. The summed E-state index contributed by atoms with van der Waals surface area (Å²) in [7, 11) is -3.97. The number of unbranched alkanes of at least 4 members (excludes halogenated alkanes) is 1. The van der Waals surface area contributed by atoms with E-state index < -0.39 is 34.3 Å². The highest BCUT2D eigenvalue weighted by Gasteiger charge is 2.33. The van der Waals surface area contributed by atoms with Gasteiger partial charge >= 0.3 is 0 Å². The van der Waals surface area contributed by atoms with E-state index in [0.717, 1.165) is 52.2 Å². The van der Waals surface area contributed by atoms with Crippen LogP contribution in [-0.2, 0) is 32.6 Å². The standard InChI is InChI=1S/C30H35ClFN3O4S/c1-4-5-16-33-30(37)28(18-23-11-7-6-8-12-23)34(20-24-13-9-10-22(2)17-24)29(36)21-35(40(3,38)39)25-14-15-27(32)26(31)19-25/h6-15,17,19,28H,4-5,16,18,20-21H2,1-3H3,(H,33,37)/t28-/m1/s1. The smallest absolute Gasteiger partial charge is 0.244 e. The Balaban J connectivity index is 2.04. The zero-order chi connectivity index (χ0) is 29.3. The molecule has 0 heterocycles. The van der Waals surface area contributed by atoms with Gasteiger partial charge in [0.15, 0.2) is 0 Å². The third-order valence-electron chi connectivity index (χ3n) is 6.41. The number of nitrogens with one attached hydrogen (secondary N) is 1. The maximum Gasteiger partial charge on any atom is 0.244 e. The molecule has 3 aromatic rings. The van der Waals surface area contributed by atoms with Crippen LogP contribution >= 0.6 is 11.6 Å². The molecule has 10 heteroatoms. The lowest BCUT2D eigenvalue weighted by Gasteiger charge is -2.33. The molecule has 0 aromatic heterocycles. The first-order valence-electron chi connectivity index (χ1n) is 13.1. The van der Waals surface area contributed by atoms with Crippen molar-refractivity contribution < 1.29 is 22.4 Å². The first-order chi connectivity index (χ1) is 19.0. The fourth-order valence-corrected chi connectivity index (χ4v) is 5.34. The Kier molecular flexibility index (Phi) is 11.1. The van der Waals surface area contributed by atoms with E-state index in [0.29, 0.717) is 6.54 Å². The molecule has 0 aliphatic carbocycles. The molecule has 0 unspecified atom stereocenters. The molecular weight excluding hydrogens is 553 g/mol. The number of benzene rings is 3. The zero-order valence-corrected chi connectivity index (χ0v) is 24.5.